The predicted molar refractivity (Wildman–Crippen MR) is 99.0 cm³/mol. The van der Waals surface area contributed by atoms with Gasteiger partial charge in [-0.3, -0.25) is 4.98 Å². The fraction of sp³-hybridized carbons (Fsp3) is 0.235. The Morgan fingerprint density at radius 2 is 2.09 bits per heavy atom. The zero-order valence-corrected chi connectivity index (χ0v) is 14.5. The number of nitrogens with zero attached hydrogens (tertiary/aromatic N) is 1. The van der Waals surface area contributed by atoms with E-state index in [2.05, 4.69) is 39.7 Å². The third-order valence-electron chi connectivity index (χ3n) is 3.60. The molecule has 0 fully saturated rings. The Bertz CT molecular complexity index is 716. The molecule has 0 aliphatic carbocycles. The lowest BCUT2D eigenvalue weighted by Gasteiger charge is -2.05. The van der Waals surface area contributed by atoms with E-state index in [4.69, 9.17) is 4.74 Å². The molecule has 23 heavy (non-hydrogen) atoms. The highest BCUT2D eigenvalue weighted by atomic mass is 35.5. The molecule has 3 aromatic rings. The van der Waals surface area contributed by atoms with Crippen LogP contribution in [0.1, 0.15) is 11.1 Å². The van der Waals surface area contributed by atoms with Gasteiger partial charge in [0.05, 0.1) is 7.11 Å². The summed E-state index contributed by atoms with van der Waals surface area (Å²) in [5.41, 5.74) is 3.67. The van der Waals surface area contributed by atoms with Gasteiger partial charge in [-0.2, -0.15) is 0 Å². The van der Waals surface area contributed by atoms with Gasteiger partial charge in [0.25, 0.3) is 0 Å². The van der Waals surface area contributed by atoms with E-state index < -0.39 is 0 Å². The zero-order valence-electron chi connectivity index (χ0n) is 12.9. The fourth-order valence-corrected chi connectivity index (χ4v) is 2.45. The zero-order chi connectivity index (χ0) is 14.5. The predicted octanol–water partition coefficient (Wildman–Crippen LogP) is 3.75. The highest BCUT2D eigenvalue weighted by Crippen LogP contribution is 2.23. The summed E-state index contributed by atoms with van der Waals surface area (Å²) in [5, 5.41) is 4.68. The van der Waals surface area contributed by atoms with Crippen LogP contribution < -0.4 is 10.1 Å². The Labute approximate surface area is 148 Å². The number of methoxy groups -OCH3 is 1. The molecular formula is C17H21Cl2N3O. The van der Waals surface area contributed by atoms with E-state index >= 15 is 0 Å². The molecule has 4 nitrogen and oxygen atoms in total. The summed E-state index contributed by atoms with van der Waals surface area (Å²) in [6.07, 6.45) is 6.75. The number of fused-ring (bicyclic) bond motifs is 1. The molecule has 2 heterocycles. The Morgan fingerprint density at radius 3 is 2.83 bits per heavy atom. The highest BCUT2D eigenvalue weighted by molar-refractivity contribution is 5.86. The van der Waals surface area contributed by atoms with Crippen molar-refractivity contribution in [3.63, 3.8) is 0 Å². The Balaban J connectivity index is 0.00000132. The van der Waals surface area contributed by atoms with E-state index in [1.807, 2.05) is 18.3 Å². The molecule has 0 amide bonds. The Kier molecular flexibility index (Phi) is 7.89. The van der Waals surface area contributed by atoms with E-state index in [9.17, 15) is 0 Å². The third-order valence-corrected chi connectivity index (χ3v) is 3.60. The molecule has 0 bridgehead atoms. The van der Waals surface area contributed by atoms with Crippen molar-refractivity contribution in [1.82, 2.24) is 15.3 Å². The van der Waals surface area contributed by atoms with Crippen LogP contribution in [0.5, 0.6) is 5.75 Å². The van der Waals surface area contributed by atoms with Crippen LogP contribution in [-0.4, -0.2) is 23.6 Å². The maximum Gasteiger partial charge on any atom is 0.119 e. The lowest BCUT2D eigenvalue weighted by atomic mass is 10.1. The number of halogens is 2. The van der Waals surface area contributed by atoms with Crippen LogP contribution in [0.25, 0.3) is 10.9 Å². The monoisotopic (exact) mass is 353 g/mol. The minimum Gasteiger partial charge on any atom is -0.497 e. The van der Waals surface area contributed by atoms with Gasteiger partial charge in [-0.1, -0.05) is 6.07 Å². The van der Waals surface area contributed by atoms with Crippen LogP contribution in [0.4, 0.5) is 0 Å². The standard InChI is InChI=1S/C17H19N3O.2ClH/c1-21-15-4-5-17-16(9-15)14(12-20-17)6-8-19-11-13-3-2-7-18-10-13;;/h2-5,7,9-10,12,19-20H,6,8,11H2,1H3;2*1H. The molecule has 3 rings (SSSR count). The van der Waals surface area contributed by atoms with Crippen molar-refractivity contribution in [2.75, 3.05) is 13.7 Å². The first-order chi connectivity index (χ1) is 10.4. The molecule has 0 atom stereocenters. The molecule has 0 spiro atoms. The Hall–Kier alpha value is -1.75. The second-order valence-corrected chi connectivity index (χ2v) is 5.01. The van der Waals surface area contributed by atoms with Gasteiger partial charge in [0.2, 0.25) is 0 Å². The average molecular weight is 354 g/mol. The maximum atomic E-state index is 5.29. The van der Waals surface area contributed by atoms with E-state index in [1.165, 1.54) is 16.5 Å². The minimum absolute atomic E-state index is 0. The van der Waals surface area contributed by atoms with Gasteiger partial charge in [-0.15, -0.1) is 24.8 Å². The van der Waals surface area contributed by atoms with Crippen molar-refractivity contribution in [1.29, 1.82) is 0 Å². The second-order valence-electron chi connectivity index (χ2n) is 5.01. The second kappa shape index (κ2) is 9.40. The van der Waals surface area contributed by atoms with Crippen LogP contribution in [0.3, 0.4) is 0 Å². The number of H-pyrrole nitrogens is 1. The lowest BCUT2D eigenvalue weighted by molar-refractivity contribution is 0.415. The van der Waals surface area contributed by atoms with Gasteiger partial charge in [-0.25, -0.2) is 0 Å². The molecule has 0 aliphatic rings. The molecule has 0 saturated heterocycles. The van der Waals surface area contributed by atoms with Crippen molar-refractivity contribution in [2.24, 2.45) is 0 Å². The van der Waals surface area contributed by atoms with Crippen molar-refractivity contribution in [3.8, 4) is 5.75 Å². The van der Waals surface area contributed by atoms with E-state index in [-0.39, 0.29) is 24.8 Å². The molecule has 0 unspecified atom stereocenters. The first-order valence-corrected chi connectivity index (χ1v) is 7.10. The van der Waals surface area contributed by atoms with E-state index in [1.54, 1.807) is 13.3 Å². The summed E-state index contributed by atoms with van der Waals surface area (Å²) in [4.78, 5) is 7.42. The molecule has 1 aromatic carbocycles. The SMILES string of the molecule is COc1ccc2[nH]cc(CCNCc3cccnc3)c2c1.Cl.Cl. The van der Waals surface area contributed by atoms with Crippen LogP contribution >= 0.6 is 24.8 Å². The number of nitrogens with one attached hydrogen (secondary N) is 2. The number of hydrogen-bond acceptors (Lipinski definition) is 3. The molecule has 0 aliphatic heterocycles. The van der Waals surface area contributed by atoms with Crippen molar-refractivity contribution in [3.05, 3.63) is 60.0 Å². The van der Waals surface area contributed by atoms with Crippen LogP contribution in [0.15, 0.2) is 48.9 Å². The molecule has 124 valence electrons. The van der Waals surface area contributed by atoms with E-state index in [0.717, 1.165) is 30.8 Å². The van der Waals surface area contributed by atoms with Gasteiger partial charge >= 0.3 is 0 Å². The fourth-order valence-electron chi connectivity index (χ4n) is 2.45. The number of pyridine rings is 1. The summed E-state index contributed by atoms with van der Waals surface area (Å²) in [6, 6.07) is 10.2. The topological polar surface area (TPSA) is 49.9 Å². The molecule has 2 aromatic heterocycles. The summed E-state index contributed by atoms with van der Waals surface area (Å²) in [7, 11) is 1.70. The number of benzene rings is 1. The maximum absolute atomic E-state index is 5.29. The third kappa shape index (κ3) is 4.86. The van der Waals surface area contributed by atoms with E-state index in [0.29, 0.717) is 0 Å². The first-order valence-electron chi connectivity index (χ1n) is 7.10. The summed E-state index contributed by atoms with van der Waals surface area (Å²) in [6.45, 7) is 1.78. The highest BCUT2D eigenvalue weighted by Gasteiger charge is 2.04. The molecule has 2 N–H and O–H groups in total. The summed E-state index contributed by atoms with van der Waals surface area (Å²) < 4.78 is 5.29. The molecule has 6 heteroatoms. The van der Waals surface area contributed by atoms with Gasteiger partial charge in [0.1, 0.15) is 5.75 Å². The largest absolute Gasteiger partial charge is 0.497 e. The summed E-state index contributed by atoms with van der Waals surface area (Å²) in [5.74, 6) is 0.895. The van der Waals surface area contributed by atoms with Gasteiger partial charge in [0.15, 0.2) is 0 Å². The van der Waals surface area contributed by atoms with Crippen molar-refractivity contribution in [2.45, 2.75) is 13.0 Å². The molecule has 0 radical (unpaired) electrons. The first kappa shape index (κ1) is 19.3. The van der Waals surface area contributed by atoms with Crippen molar-refractivity contribution >= 4 is 35.7 Å². The van der Waals surface area contributed by atoms with Gasteiger partial charge in [0, 0.05) is 36.0 Å². The van der Waals surface area contributed by atoms with Crippen LogP contribution in [0, 0.1) is 0 Å². The Morgan fingerprint density at radius 1 is 1.22 bits per heavy atom. The number of aromatic nitrogens is 2. The lowest BCUT2D eigenvalue weighted by Crippen LogP contribution is -2.16. The number of aromatic amines is 1. The smallest absolute Gasteiger partial charge is 0.119 e. The minimum atomic E-state index is 0. The number of ether oxygens (including phenoxy) is 1. The normalized spacial score (nSPS) is 9.96. The average Bonchev–Trinajstić information content (AvgIpc) is 2.95. The van der Waals surface area contributed by atoms with Crippen molar-refractivity contribution < 1.29 is 4.74 Å². The van der Waals surface area contributed by atoms with Gasteiger partial charge in [-0.05, 0) is 48.4 Å². The van der Waals surface area contributed by atoms with Gasteiger partial charge < -0.3 is 15.0 Å². The number of rotatable bonds is 6. The number of hydrogen-bond donors (Lipinski definition) is 2. The molecule has 0 saturated carbocycles. The van der Waals surface area contributed by atoms with Crippen LogP contribution in [-0.2, 0) is 13.0 Å². The summed E-state index contributed by atoms with van der Waals surface area (Å²) >= 11 is 0. The van der Waals surface area contributed by atoms with Crippen LogP contribution in [0.2, 0.25) is 0 Å². The molecular weight excluding hydrogens is 333 g/mol. The quantitative estimate of drug-likeness (QED) is 0.663.